The average Bonchev–Trinajstić information content (AvgIpc) is 3.74. The number of nitrogens with zero attached hydrogens (tertiary/aromatic N) is 1. The van der Waals surface area contributed by atoms with Gasteiger partial charge in [-0.3, -0.25) is 0 Å². The standard InChI is InChI=1S/C64H49N/c1-63(2)58-27-14-12-23-53(58)55-40-34-46(41-60(55)63)42-29-35-47(36-30-42)65(62-50-21-9-8-19-44(50)33-39-51(62)43-17-6-5-7-18-43)48-37-31-45(32-38-48)49-20-10-11-22-52(49)56-25-16-26-57-54-24-13-15-28-59(54)64(3,4)61(56)57/h5-41H,1-4H3. The summed E-state index contributed by atoms with van der Waals surface area (Å²) >= 11 is 0. The molecule has 0 spiro atoms. The Morgan fingerprint density at radius 1 is 0.292 bits per heavy atom. The molecule has 0 fully saturated rings. The minimum absolute atomic E-state index is 0.0584. The van der Waals surface area contributed by atoms with Crippen LogP contribution in [-0.4, -0.2) is 0 Å². The van der Waals surface area contributed by atoms with Crippen LogP contribution in [0.1, 0.15) is 49.9 Å². The Labute approximate surface area is 383 Å². The van der Waals surface area contributed by atoms with Crippen LogP contribution in [0, 0.1) is 0 Å². The molecule has 65 heavy (non-hydrogen) atoms. The lowest BCUT2D eigenvalue weighted by Crippen LogP contribution is -2.16. The van der Waals surface area contributed by atoms with Crippen LogP contribution >= 0.6 is 0 Å². The van der Waals surface area contributed by atoms with E-state index in [1.807, 2.05) is 0 Å². The van der Waals surface area contributed by atoms with Crippen LogP contribution in [0.2, 0.25) is 0 Å². The molecule has 0 heterocycles. The topological polar surface area (TPSA) is 3.24 Å². The molecule has 0 unspecified atom stereocenters. The minimum Gasteiger partial charge on any atom is -0.309 e. The normalized spacial score (nSPS) is 13.8. The molecule has 10 aromatic carbocycles. The van der Waals surface area contributed by atoms with E-state index in [9.17, 15) is 0 Å². The molecule has 0 saturated carbocycles. The van der Waals surface area contributed by atoms with Crippen molar-refractivity contribution in [2.45, 2.75) is 38.5 Å². The van der Waals surface area contributed by atoms with E-state index in [2.05, 4.69) is 257 Å². The van der Waals surface area contributed by atoms with Crippen molar-refractivity contribution in [3.05, 3.63) is 247 Å². The molecule has 0 amide bonds. The first-order valence-corrected chi connectivity index (χ1v) is 22.9. The number of rotatable bonds is 7. The fourth-order valence-corrected chi connectivity index (χ4v) is 11.3. The lowest BCUT2D eigenvalue weighted by molar-refractivity contribution is 0.660. The van der Waals surface area contributed by atoms with E-state index >= 15 is 0 Å². The minimum atomic E-state index is -0.118. The molecule has 1 nitrogen and oxygen atoms in total. The van der Waals surface area contributed by atoms with Gasteiger partial charge in [-0.1, -0.05) is 222 Å². The summed E-state index contributed by atoms with van der Waals surface area (Å²) in [6, 6.07) is 83.3. The SMILES string of the molecule is CC1(C)c2ccccc2-c2ccc(-c3ccc(N(c4ccc(-c5ccccc5-c5cccc6c5C(C)(C)c5ccccc5-6)cc4)c4c(-c5ccccc5)ccc5ccccc45)cc3)cc21. The largest absolute Gasteiger partial charge is 0.309 e. The zero-order valence-electron chi connectivity index (χ0n) is 37.3. The molecule has 0 saturated heterocycles. The quantitative estimate of drug-likeness (QED) is 0.155. The predicted molar refractivity (Wildman–Crippen MR) is 276 cm³/mol. The van der Waals surface area contributed by atoms with Crippen LogP contribution in [0.4, 0.5) is 17.1 Å². The van der Waals surface area contributed by atoms with E-state index in [4.69, 9.17) is 0 Å². The van der Waals surface area contributed by atoms with E-state index in [1.54, 1.807) is 0 Å². The fourth-order valence-electron chi connectivity index (χ4n) is 11.3. The van der Waals surface area contributed by atoms with Gasteiger partial charge in [0.1, 0.15) is 0 Å². The molecule has 1 heteroatoms. The Bertz CT molecular complexity index is 3460. The summed E-state index contributed by atoms with van der Waals surface area (Å²) in [5.41, 5.74) is 23.9. The number of hydrogen-bond donors (Lipinski definition) is 0. The lowest BCUT2D eigenvalue weighted by Gasteiger charge is -2.30. The van der Waals surface area contributed by atoms with Crippen molar-refractivity contribution < 1.29 is 0 Å². The van der Waals surface area contributed by atoms with Gasteiger partial charge in [0.15, 0.2) is 0 Å². The smallest absolute Gasteiger partial charge is 0.0618 e. The van der Waals surface area contributed by atoms with Crippen molar-refractivity contribution in [3.63, 3.8) is 0 Å². The van der Waals surface area contributed by atoms with Gasteiger partial charge in [0, 0.05) is 33.2 Å². The van der Waals surface area contributed by atoms with Gasteiger partial charge in [-0.15, -0.1) is 0 Å². The maximum Gasteiger partial charge on any atom is 0.0618 e. The summed E-state index contributed by atoms with van der Waals surface area (Å²) < 4.78 is 0. The van der Waals surface area contributed by atoms with E-state index in [0.717, 1.165) is 17.1 Å². The Morgan fingerprint density at radius 2 is 0.769 bits per heavy atom. The maximum absolute atomic E-state index is 2.47. The number of hydrogen-bond acceptors (Lipinski definition) is 1. The lowest BCUT2D eigenvalue weighted by atomic mass is 9.78. The highest BCUT2D eigenvalue weighted by Gasteiger charge is 2.38. The van der Waals surface area contributed by atoms with Crippen LogP contribution < -0.4 is 4.90 Å². The van der Waals surface area contributed by atoms with Crippen molar-refractivity contribution in [2.24, 2.45) is 0 Å². The first-order chi connectivity index (χ1) is 31.8. The Hall–Kier alpha value is -7.74. The molecule has 0 aromatic heterocycles. The molecule has 0 N–H and O–H groups in total. The van der Waals surface area contributed by atoms with Crippen LogP contribution in [0.5, 0.6) is 0 Å². The average molecular weight is 832 g/mol. The number of anilines is 3. The van der Waals surface area contributed by atoms with Crippen LogP contribution in [0.15, 0.2) is 224 Å². The molecule has 2 aliphatic carbocycles. The Morgan fingerprint density at radius 3 is 1.48 bits per heavy atom. The summed E-state index contributed by atoms with van der Waals surface area (Å²) in [6.07, 6.45) is 0. The molecule has 0 aliphatic heterocycles. The van der Waals surface area contributed by atoms with Gasteiger partial charge in [0.05, 0.1) is 5.69 Å². The van der Waals surface area contributed by atoms with Crippen LogP contribution in [0.25, 0.3) is 77.5 Å². The molecule has 12 rings (SSSR count). The molecule has 0 radical (unpaired) electrons. The van der Waals surface area contributed by atoms with Gasteiger partial charge in [0.25, 0.3) is 0 Å². The molecule has 310 valence electrons. The monoisotopic (exact) mass is 831 g/mol. The molecule has 10 aromatic rings. The highest BCUT2D eigenvalue weighted by molar-refractivity contribution is 6.06. The molecular weight excluding hydrogens is 783 g/mol. The van der Waals surface area contributed by atoms with Crippen molar-refractivity contribution in [1.82, 2.24) is 0 Å². The van der Waals surface area contributed by atoms with Crippen molar-refractivity contribution in [3.8, 4) is 66.8 Å². The summed E-state index contributed by atoms with van der Waals surface area (Å²) in [6.45, 7) is 9.47. The van der Waals surface area contributed by atoms with Crippen molar-refractivity contribution >= 4 is 27.8 Å². The summed E-state index contributed by atoms with van der Waals surface area (Å²) in [5.74, 6) is 0. The maximum atomic E-state index is 2.47. The highest BCUT2D eigenvalue weighted by Crippen LogP contribution is 2.54. The van der Waals surface area contributed by atoms with E-state index in [0.29, 0.717) is 0 Å². The van der Waals surface area contributed by atoms with Gasteiger partial charge < -0.3 is 4.90 Å². The van der Waals surface area contributed by atoms with Gasteiger partial charge >= 0.3 is 0 Å². The fraction of sp³-hybridized carbons (Fsp3) is 0.0938. The van der Waals surface area contributed by atoms with Crippen LogP contribution in [-0.2, 0) is 10.8 Å². The molecule has 0 bridgehead atoms. The van der Waals surface area contributed by atoms with E-state index in [-0.39, 0.29) is 10.8 Å². The molecule has 0 atom stereocenters. The Balaban J connectivity index is 0.989. The van der Waals surface area contributed by atoms with Crippen molar-refractivity contribution in [1.29, 1.82) is 0 Å². The Kier molecular flexibility index (Phi) is 8.94. The second-order valence-corrected chi connectivity index (χ2v) is 18.9. The molecular formula is C64H49N. The first-order valence-electron chi connectivity index (χ1n) is 22.9. The van der Waals surface area contributed by atoms with Gasteiger partial charge in [-0.25, -0.2) is 0 Å². The van der Waals surface area contributed by atoms with E-state index < -0.39 is 0 Å². The molecule has 2 aliphatic rings. The number of benzene rings is 10. The zero-order valence-corrected chi connectivity index (χ0v) is 37.3. The second kappa shape index (κ2) is 14.9. The summed E-state index contributed by atoms with van der Waals surface area (Å²) in [5, 5.41) is 2.41. The van der Waals surface area contributed by atoms with E-state index in [1.165, 1.54) is 99.8 Å². The first kappa shape index (κ1) is 38.9. The van der Waals surface area contributed by atoms with Crippen molar-refractivity contribution in [2.75, 3.05) is 4.90 Å². The van der Waals surface area contributed by atoms with Crippen LogP contribution in [0.3, 0.4) is 0 Å². The summed E-state index contributed by atoms with van der Waals surface area (Å²) in [7, 11) is 0. The highest BCUT2D eigenvalue weighted by atomic mass is 15.1. The third-order valence-electron chi connectivity index (χ3n) is 14.5. The van der Waals surface area contributed by atoms with Gasteiger partial charge in [0.2, 0.25) is 0 Å². The summed E-state index contributed by atoms with van der Waals surface area (Å²) in [4.78, 5) is 2.47. The van der Waals surface area contributed by atoms with Gasteiger partial charge in [-0.2, -0.15) is 0 Å². The zero-order chi connectivity index (χ0) is 43.9. The third kappa shape index (κ3) is 6.14. The third-order valence-corrected chi connectivity index (χ3v) is 14.5. The van der Waals surface area contributed by atoms with Gasteiger partial charge in [-0.05, 0) is 119 Å². The number of fused-ring (bicyclic) bond motifs is 7. The second-order valence-electron chi connectivity index (χ2n) is 18.9. The predicted octanol–water partition coefficient (Wildman–Crippen LogP) is 17.6.